The number of carbonyl (C=O) groups excluding carboxylic acids is 1. The Morgan fingerprint density at radius 2 is 0.591 bits per heavy atom. The van der Waals surface area contributed by atoms with Gasteiger partial charge in [0.25, 0.3) is 0 Å². The molecule has 0 aromatic heterocycles. The molecule has 0 N–H and O–H groups in total. The first-order valence-corrected chi connectivity index (χ1v) is 18.4. The van der Waals surface area contributed by atoms with Gasteiger partial charge in [0.2, 0.25) is 0 Å². The van der Waals surface area contributed by atoms with Crippen LogP contribution in [0.25, 0.3) is 0 Å². The molecule has 0 aromatic carbocycles. The molecule has 0 aliphatic heterocycles. The molecule has 0 aliphatic rings. The van der Waals surface area contributed by atoms with Gasteiger partial charge in [0.05, 0.1) is 72.7 Å². The lowest BCUT2D eigenvalue weighted by molar-refractivity contribution is -0.145. The monoisotopic (exact) mass is 633 g/mol. The molecule has 0 heterocycles. The van der Waals surface area contributed by atoms with E-state index in [-0.39, 0.29) is 5.97 Å². The van der Waals surface area contributed by atoms with E-state index in [1.807, 2.05) is 0 Å². The molecule has 0 saturated heterocycles. The molecule has 8 heteroatoms. The Morgan fingerprint density at radius 3 is 0.955 bits per heavy atom. The quantitative estimate of drug-likeness (QED) is 0.0493. The highest BCUT2D eigenvalue weighted by Crippen LogP contribution is 2.13. The zero-order chi connectivity index (χ0) is 31.9. The van der Waals surface area contributed by atoms with E-state index in [9.17, 15) is 4.79 Å². The summed E-state index contributed by atoms with van der Waals surface area (Å²) in [5.74, 6) is -0.134. The van der Waals surface area contributed by atoms with Crippen molar-refractivity contribution in [3.05, 3.63) is 0 Å². The fourth-order valence-electron chi connectivity index (χ4n) is 4.76. The third-order valence-corrected chi connectivity index (χ3v) is 7.48. The summed E-state index contributed by atoms with van der Waals surface area (Å²) < 4.78 is 38.3. The number of unbranched alkanes of at least 4 members (excludes halogenated alkanes) is 17. The molecule has 0 atom stereocenters. The van der Waals surface area contributed by atoms with Gasteiger partial charge in [-0.2, -0.15) is 0 Å². The van der Waals surface area contributed by atoms with Crippen LogP contribution in [0.15, 0.2) is 0 Å². The Morgan fingerprint density at radius 1 is 0.318 bits per heavy atom. The standard InChI is InChI=1S/C36H72O8/c1-3-5-7-9-10-11-12-13-14-15-16-17-19-21-23-38-24-25-39-26-27-40-28-29-41-30-31-42-32-33-43-34-35-44-36(37)22-20-18-8-6-4-2/h3-35H2,1-2H3. The van der Waals surface area contributed by atoms with E-state index < -0.39 is 0 Å². The van der Waals surface area contributed by atoms with Crippen LogP contribution in [0.1, 0.15) is 142 Å². The third-order valence-electron chi connectivity index (χ3n) is 7.48. The molecule has 0 radical (unpaired) electrons. The Kier molecular flexibility index (Phi) is 39.5. The molecule has 0 amide bonds. The van der Waals surface area contributed by atoms with Crippen molar-refractivity contribution in [3.8, 4) is 0 Å². The van der Waals surface area contributed by atoms with Gasteiger partial charge in [-0.1, -0.05) is 123 Å². The molecule has 0 aliphatic carbocycles. The molecule has 0 saturated carbocycles. The minimum Gasteiger partial charge on any atom is -0.463 e. The lowest BCUT2D eigenvalue weighted by Crippen LogP contribution is -2.15. The average Bonchev–Trinajstić information content (AvgIpc) is 3.03. The summed E-state index contributed by atoms with van der Waals surface area (Å²) in [5.41, 5.74) is 0. The highest BCUT2D eigenvalue weighted by molar-refractivity contribution is 5.69. The maximum atomic E-state index is 11.6. The van der Waals surface area contributed by atoms with Gasteiger partial charge in [0.1, 0.15) is 6.61 Å². The maximum Gasteiger partial charge on any atom is 0.305 e. The molecule has 0 unspecified atom stereocenters. The summed E-state index contributed by atoms with van der Waals surface area (Å²) in [4.78, 5) is 11.6. The van der Waals surface area contributed by atoms with Crippen molar-refractivity contribution >= 4 is 5.97 Å². The van der Waals surface area contributed by atoms with Gasteiger partial charge in [-0.15, -0.1) is 0 Å². The second-order valence-electron chi connectivity index (χ2n) is 11.7. The SMILES string of the molecule is CCCCCCCCCCCCCCCCOCCOCCOCCOCCOCCOCCOC(=O)CCCCCCC. The zero-order valence-electron chi connectivity index (χ0n) is 29.1. The van der Waals surface area contributed by atoms with Crippen LogP contribution in [0.4, 0.5) is 0 Å². The minimum absolute atomic E-state index is 0.134. The Hall–Kier alpha value is -0.770. The van der Waals surface area contributed by atoms with E-state index in [2.05, 4.69) is 13.8 Å². The number of rotatable bonds is 39. The first kappa shape index (κ1) is 43.2. The fourth-order valence-corrected chi connectivity index (χ4v) is 4.76. The Balaban J connectivity index is 3.08. The zero-order valence-corrected chi connectivity index (χ0v) is 29.1. The Labute approximate surface area is 271 Å². The van der Waals surface area contributed by atoms with Crippen LogP contribution in [-0.2, 0) is 38.0 Å². The van der Waals surface area contributed by atoms with Crippen LogP contribution in [0.2, 0.25) is 0 Å². The van der Waals surface area contributed by atoms with Crippen LogP contribution in [0.5, 0.6) is 0 Å². The molecule has 0 bridgehead atoms. The second kappa shape index (κ2) is 40.3. The summed E-state index contributed by atoms with van der Waals surface area (Å²) in [6.07, 6.45) is 25.4. The summed E-state index contributed by atoms with van der Waals surface area (Å²) in [5, 5.41) is 0. The van der Waals surface area contributed by atoms with Gasteiger partial charge in [-0.3, -0.25) is 4.79 Å². The third kappa shape index (κ3) is 39.3. The molecule has 0 fully saturated rings. The molecule has 0 rings (SSSR count). The predicted octanol–water partition coefficient (Wildman–Crippen LogP) is 8.47. The number of hydrogen-bond acceptors (Lipinski definition) is 8. The van der Waals surface area contributed by atoms with Gasteiger partial charge < -0.3 is 33.2 Å². The van der Waals surface area contributed by atoms with Gasteiger partial charge in [0, 0.05) is 13.0 Å². The van der Waals surface area contributed by atoms with Crippen molar-refractivity contribution < 1.29 is 38.0 Å². The van der Waals surface area contributed by atoms with E-state index in [0.717, 1.165) is 25.9 Å². The van der Waals surface area contributed by atoms with E-state index >= 15 is 0 Å². The minimum atomic E-state index is -0.134. The van der Waals surface area contributed by atoms with Gasteiger partial charge in [-0.05, 0) is 12.8 Å². The molecular formula is C36H72O8. The van der Waals surface area contributed by atoms with Crippen molar-refractivity contribution in [2.24, 2.45) is 0 Å². The summed E-state index contributed by atoms with van der Waals surface area (Å²) in [7, 11) is 0. The van der Waals surface area contributed by atoms with Gasteiger partial charge in [0.15, 0.2) is 0 Å². The Bertz CT molecular complexity index is 534. The largest absolute Gasteiger partial charge is 0.463 e. The number of esters is 1. The van der Waals surface area contributed by atoms with Crippen LogP contribution in [0.3, 0.4) is 0 Å². The molecule has 264 valence electrons. The summed E-state index contributed by atoms with van der Waals surface area (Å²) in [6, 6.07) is 0. The van der Waals surface area contributed by atoms with E-state index in [0.29, 0.717) is 85.7 Å². The molecule has 44 heavy (non-hydrogen) atoms. The lowest BCUT2D eigenvalue weighted by Gasteiger charge is -2.08. The van der Waals surface area contributed by atoms with E-state index in [1.165, 1.54) is 103 Å². The van der Waals surface area contributed by atoms with Crippen LogP contribution in [-0.4, -0.2) is 91.9 Å². The average molecular weight is 633 g/mol. The van der Waals surface area contributed by atoms with Crippen molar-refractivity contribution in [2.75, 3.05) is 85.9 Å². The predicted molar refractivity (Wildman–Crippen MR) is 180 cm³/mol. The first-order chi connectivity index (χ1) is 21.8. The number of ether oxygens (including phenoxy) is 7. The van der Waals surface area contributed by atoms with Crippen LogP contribution in [0, 0.1) is 0 Å². The summed E-state index contributed by atoms with van der Waals surface area (Å²) >= 11 is 0. The van der Waals surface area contributed by atoms with Gasteiger partial charge in [-0.25, -0.2) is 0 Å². The van der Waals surface area contributed by atoms with E-state index in [4.69, 9.17) is 33.2 Å². The summed E-state index contributed by atoms with van der Waals surface area (Å²) in [6.45, 7) is 11.5. The normalized spacial score (nSPS) is 11.4. The molecule has 0 aromatic rings. The topological polar surface area (TPSA) is 81.7 Å². The van der Waals surface area contributed by atoms with E-state index in [1.54, 1.807) is 0 Å². The maximum absolute atomic E-state index is 11.6. The van der Waals surface area contributed by atoms with Crippen LogP contribution >= 0.6 is 0 Å². The van der Waals surface area contributed by atoms with Crippen molar-refractivity contribution in [1.82, 2.24) is 0 Å². The highest BCUT2D eigenvalue weighted by atomic mass is 16.6. The fraction of sp³-hybridized carbons (Fsp3) is 0.972. The van der Waals surface area contributed by atoms with Crippen LogP contribution < -0.4 is 0 Å². The molecule has 8 nitrogen and oxygen atoms in total. The van der Waals surface area contributed by atoms with Crippen molar-refractivity contribution in [3.63, 3.8) is 0 Å². The second-order valence-corrected chi connectivity index (χ2v) is 11.7. The van der Waals surface area contributed by atoms with Crippen molar-refractivity contribution in [1.29, 1.82) is 0 Å². The number of hydrogen-bond donors (Lipinski definition) is 0. The molecule has 0 spiro atoms. The number of carbonyl (C=O) groups is 1. The molecular weight excluding hydrogens is 560 g/mol. The van der Waals surface area contributed by atoms with Gasteiger partial charge >= 0.3 is 5.97 Å². The van der Waals surface area contributed by atoms with Crippen molar-refractivity contribution in [2.45, 2.75) is 142 Å². The smallest absolute Gasteiger partial charge is 0.305 e. The first-order valence-electron chi connectivity index (χ1n) is 18.4. The highest BCUT2D eigenvalue weighted by Gasteiger charge is 2.02. The lowest BCUT2D eigenvalue weighted by atomic mass is 10.0.